The predicted molar refractivity (Wildman–Crippen MR) is 68.6 cm³/mol. The molecular formula is C13H14ClNO2. The fourth-order valence-corrected chi connectivity index (χ4v) is 2.25. The first-order valence-corrected chi connectivity index (χ1v) is 5.98. The van der Waals surface area contributed by atoms with Crippen LogP contribution in [-0.2, 0) is 17.8 Å². The number of nitrogens with zero attached hydrogens (tertiary/aromatic N) is 1. The summed E-state index contributed by atoms with van der Waals surface area (Å²) in [5.41, 5.74) is 2.07. The average Bonchev–Trinajstić information content (AvgIpc) is 2.56. The molecule has 0 aliphatic rings. The topological polar surface area (TPSA) is 42.2 Å². The Bertz CT molecular complexity index is 560. The highest BCUT2D eigenvalue weighted by atomic mass is 35.5. The highest BCUT2D eigenvalue weighted by Crippen LogP contribution is 2.25. The van der Waals surface area contributed by atoms with Crippen LogP contribution in [0, 0.1) is 0 Å². The molecule has 4 heteroatoms. The minimum Gasteiger partial charge on any atom is -0.480 e. The van der Waals surface area contributed by atoms with Gasteiger partial charge in [-0.3, -0.25) is 4.79 Å². The number of rotatable bonds is 4. The van der Waals surface area contributed by atoms with Crippen molar-refractivity contribution < 1.29 is 9.90 Å². The molecule has 0 unspecified atom stereocenters. The number of aromatic nitrogens is 1. The van der Waals surface area contributed by atoms with E-state index in [1.54, 1.807) is 4.57 Å². The maximum atomic E-state index is 10.8. The van der Waals surface area contributed by atoms with Gasteiger partial charge in [0, 0.05) is 16.6 Å². The van der Waals surface area contributed by atoms with Crippen molar-refractivity contribution in [1.29, 1.82) is 0 Å². The summed E-state index contributed by atoms with van der Waals surface area (Å²) in [5, 5.41) is 10.6. The summed E-state index contributed by atoms with van der Waals surface area (Å²) in [5.74, 6) is -0.843. The molecule has 2 aromatic rings. The maximum Gasteiger partial charge on any atom is 0.323 e. The Morgan fingerprint density at radius 2 is 2.24 bits per heavy atom. The number of aryl methyl sites for hydroxylation is 1. The maximum absolute atomic E-state index is 10.8. The van der Waals surface area contributed by atoms with Crippen LogP contribution in [0.15, 0.2) is 24.4 Å². The van der Waals surface area contributed by atoms with Crippen LogP contribution in [0.1, 0.15) is 18.9 Å². The Labute approximate surface area is 105 Å². The first-order chi connectivity index (χ1) is 8.11. The molecule has 0 saturated heterocycles. The number of benzene rings is 1. The van der Waals surface area contributed by atoms with Crippen molar-refractivity contribution in [2.75, 3.05) is 0 Å². The molecule has 2 rings (SSSR count). The van der Waals surface area contributed by atoms with E-state index in [0.29, 0.717) is 5.02 Å². The van der Waals surface area contributed by atoms with E-state index in [4.69, 9.17) is 16.7 Å². The van der Waals surface area contributed by atoms with Gasteiger partial charge in [-0.2, -0.15) is 0 Å². The molecule has 1 heterocycles. The number of fused-ring (bicyclic) bond motifs is 1. The van der Waals surface area contributed by atoms with Crippen LogP contribution in [0.3, 0.4) is 0 Å². The van der Waals surface area contributed by atoms with Gasteiger partial charge in [0.15, 0.2) is 0 Å². The molecule has 1 aromatic heterocycles. The van der Waals surface area contributed by atoms with Crippen LogP contribution in [0.4, 0.5) is 0 Å². The zero-order valence-electron chi connectivity index (χ0n) is 9.61. The summed E-state index contributed by atoms with van der Waals surface area (Å²) >= 11 is 5.95. The van der Waals surface area contributed by atoms with Crippen LogP contribution >= 0.6 is 11.6 Å². The van der Waals surface area contributed by atoms with E-state index in [-0.39, 0.29) is 6.54 Å². The molecule has 0 aliphatic heterocycles. The fourth-order valence-electron chi connectivity index (χ4n) is 2.09. The molecule has 90 valence electrons. The number of hydrogen-bond acceptors (Lipinski definition) is 1. The monoisotopic (exact) mass is 251 g/mol. The summed E-state index contributed by atoms with van der Waals surface area (Å²) in [7, 11) is 0. The van der Waals surface area contributed by atoms with Crippen molar-refractivity contribution in [3.63, 3.8) is 0 Å². The van der Waals surface area contributed by atoms with Gasteiger partial charge < -0.3 is 9.67 Å². The van der Waals surface area contributed by atoms with E-state index in [0.717, 1.165) is 23.7 Å². The van der Waals surface area contributed by atoms with Gasteiger partial charge in [0.05, 0.1) is 5.52 Å². The van der Waals surface area contributed by atoms with E-state index in [1.807, 2.05) is 24.4 Å². The Balaban J connectivity index is 2.57. The number of carboxylic acids is 1. The molecule has 17 heavy (non-hydrogen) atoms. The molecule has 0 saturated carbocycles. The van der Waals surface area contributed by atoms with Crippen LogP contribution in [0.5, 0.6) is 0 Å². The van der Waals surface area contributed by atoms with Crippen LogP contribution in [0.25, 0.3) is 10.9 Å². The molecule has 0 bridgehead atoms. The van der Waals surface area contributed by atoms with Crippen molar-refractivity contribution in [3.8, 4) is 0 Å². The van der Waals surface area contributed by atoms with Crippen LogP contribution < -0.4 is 0 Å². The molecule has 0 amide bonds. The molecule has 1 N–H and O–H groups in total. The Morgan fingerprint density at radius 3 is 2.88 bits per heavy atom. The molecule has 0 aliphatic carbocycles. The molecule has 0 fully saturated rings. The molecular weight excluding hydrogens is 238 g/mol. The molecule has 0 atom stereocenters. The highest BCUT2D eigenvalue weighted by molar-refractivity contribution is 6.31. The lowest BCUT2D eigenvalue weighted by molar-refractivity contribution is -0.137. The highest BCUT2D eigenvalue weighted by Gasteiger charge is 2.10. The minimum atomic E-state index is -0.843. The first-order valence-electron chi connectivity index (χ1n) is 5.61. The SMILES string of the molecule is CCCc1cn(CC(=O)O)c2cc(Cl)ccc12. The second-order valence-corrected chi connectivity index (χ2v) is 4.52. The van der Waals surface area contributed by atoms with Crippen molar-refractivity contribution in [3.05, 3.63) is 35.0 Å². The second-order valence-electron chi connectivity index (χ2n) is 4.09. The number of carboxylic acid groups (broad SMARTS) is 1. The Morgan fingerprint density at radius 1 is 1.47 bits per heavy atom. The predicted octanol–water partition coefficient (Wildman–Crippen LogP) is 3.33. The summed E-state index contributed by atoms with van der Waals surface area (Å²) in [6.07, 6.45) is 3.90. The summed E-state index contributed by atoms with van der Waals surface area (Å²) < 4.78 is 1.74. The van der Waals surface area contributed by atoms with Gasteiger partial charge in [-0.1, -0.05) is 31.0 Å². The second kappa shape index (κ2) is 4.80. The third kappa shape index (κ3) is 2.44. The largest absolute Gasteiger partial charge is 0.480 e. The normalized spacial score (nSPS) is 10.9. The number of halogens is 1. The Hall–Kier alpha value is -1.48. The lowest BCUT2D eigenvalue weighted by atomic mass is 10.1. The van der Waals surface area contributed by atoms with Gasteiger partial charge in [0.25, 0.3) is 0 Å². The van der Waals surface area contributed by atoms with Gasteiger partial charge >= 0.3 is 5.97 Å². The summed E-state index contributed by atoms with van der Waals surface area (Å²) in [6.45, 7) is 2.08. The van der Waals surface area contributed by atoms with Gasteiger partial charge in [0.2, 0.25) is 0 Å². The van der Waals surface area contributed by atoms with Crippen molar-refractivity contribution in [2.45, 2.75) is 26.3 Å². The standard InChI is InChI=1S/C13H14ClNO2/c1-2-3-9-7-15(8-13(16)17)12-6-10(14)4-5-11(9)12/h4-7H,2-3,8H2,1H3,(H,16,17). The van der Waals surface area contributed by atoms with Crippen molar-refractivity contribution in [1.82, 2.24) is 4.57 Å². The van der Waals surface area contributed by atoms with Gasteiger partial charge in [-0.05, 0) is 24.1 Å². The van der Waals surface area contributed by atoms with E-state index < -0.39 is 5.97 Å². The van der Waals surface area contributed by atoms with Crippen LogP contribution in [0.2, 0.25) is 5.02 Å². The van der Waals surface area contributed by atoms with Gasteiger partial charge in [-0.15, -0.1) is 0 Å². The average molecular weight is 252 g/mol. The van der Waals surface area contributed by atoms with Crippen molar-refractivity contribution in [2.24, 2.45) is 0 Å². The molecule has 3 nitrogen and oxygen atoms in total. The zero-order valence-corrected chi connectivity index (χ0v) is 10.4. The van der Waals surface area contributed by atoms with E-state index in [9.17, 15) is 4.79 Å². The smallest absolute Gasteiger partial charge is 0.323 e. The van der Waals surface area contributed by atoms with E-state index in [1.165, 1.54) is 5.56 Å². The van der Waals surface area contributed by atoms with E-state index >= 15 is 0 Å². The van der Waals surface area contributed by atoms with Crippen molar-refractivity contribution >= 4 is 28.5 Å². The quantitative estimate of drug-likeness (QED) is 0.906. The number of aliphatic carboxylic acids is 1. The number of carbonyl (C=O) groups is 1. The fraction of sp³-hybridized carbons (Fsp3) is 0.308. The third-order valence-corrected chi connectivity index (χ3v) is 2.99. The lowest BCUT2D eigenvalue weighted by Crippen LogP contribution is -2.07. The summed E-state index contributed by atoms with van der Waals surface area (Å²) in [6, 6.07) is 5.62. The zero-order chi connectivity index (χ0) is 12.4. The molecule has 1 aromatic carbocycles. The first kappa shape index (κ1) is 12.0. The summed E-state index contributed by atoms with van der Waals surface area (Å²) in [4.78, 5) is 10.8. The van der Waals surface area contributed by atoms with Gasteiger partial charge in [0.1, 0.15) is 6.54 Å². The lowest BCUT2D eigenvalue weighted by Gasteiger charge is -2.00. The van der Waals surface area contributed by atoms with Crippen LogP contribution in [-0.4, -0.2) is 15.6 Å². The third-order valence-electron chi connectivity index (χ3n) is 2.75. The molecule has 0 radical (unpaired) electrons. The minimum absolute atomic E-state index is 0.0272. The van der Waals surface area contributed by atoms with Gasteiger partial charge in [-0.25, -0.2) is 0 Å². The Kier molecular flexibility index (Phi) is 3.38. The molecule has 0 spiro atoms. The van der Waals surface area contributed by atoms with E-state index in [2.05, 4.69) is 6.92 Å². The number of hydrogen-bond donors (Lipinski definition) is 1.